The van der Waals surface area contributed by atoms with Crippen LogP contribution in [0, 0.1) is 0 Å². The molecule has 8 heteroatoms. The largest absolute Gasteiger partial charge is 0.496 e. The predicted molar refractivity (Wildman–Crippen MR) is 110 cm³/mol. The van der Waals surface area contributed by atoms with Gasteiger partial charge in [-0.05, 0) is 24.3 Å². The van der Waals surface area contributed by atoms with Crippen molar-refractivity contribution in [2.45, 2.75) is 0 Å². The number of methoxy groups -OCH3 is 1. The van der Waals surface area contributed by atoms with Gasteiger partial charge in [-0.1, -0.05) is 0 Å². The van der Waals surface area contributed by atoms with Gasteiger partial charge >= 0.3 is 0 Å². The van der Waals surface area contributed by atoms with Crippen LogP contribution in [0.15, 0.2) is 49.1 Å². The summed E-state index contributed by atoms with van der Waals surface area (Å²) in [6.45, 7) is 3.12. The number of hydrogen-bond acceptors (Lipinski definition) is 7. The number of fused-ring (bicyclic) bond motifs is 1. The minimum absolute atomic E-state index is 0.721. The van der Waals surface area contributed by atoms with Crippen molar-refractivity contribution < 1.29 is 9.47 Å². The molecule has 0 bridgehead atoms. The van der Waals surface area contributed by atoms with Crippen LogP contribution in [0.3, 0.4) is 0 Å². The highest BCUT2D eigenvalue weighted by Gasteiger charge is 2.16. The molecule has 0 unspecified atom stereocenters. The summed E-state index contributed by atoms with van der Waals surface area (Å²) >= 11 is 0. The van der Waals surface area contributed by atoms with Crippen molar-refractivity contribution in [1.82, 2.24) is 25.1 Å². The molecule has 0 atom stereocenters. The van der Waals surface area contributed by atoms with Gasteiger partial charge < -0.3 is 14.4 Å². The number of anilines is 1. The van der Waals surface area contributed by atoms with Crippen LogP contribution in [-0.2, 0) is 4.74 Å². The van der Waals surface area contributed by atoms with E-state index in [0.717, 1.165) is 71.3 Å². The van der Waals surface area contributed by atoms with E-state index in [4.69, 9.17) is 9.47 Å². The van der Waals surface area contributed by atoms with E-state index in [0.29, 0.717) is 0 Å². The lowest BCUT2D eigenvalue weighted by atomic mass is 10.1. The minimum atomic E-state index is 0.721. The molecule has 5 rings (SSSR count). The smallest absolute Gasteiger partial charge is 0.131 e. The van der Waals surface area contributed by atoms with Crippen molar-refractivity contribution in [2.24, 2.45) is 0 Å². The number of H-pyrrole nitrogens is 1. The average molecular weight is 388 g/mol. The van der Waals surface area contributed by atoms with E-state index < -0.39 is 0 Å². The first-order valence-electron chi connectivity index (χ1n) is 9.45. The van der Waals surface area contributed by atoms with E-state index >= 15 is 0 Å². The monoisotopic (exact) mass is 388 g/mol. The second-order valence-electron chi connectivity index (χ2n) is 6.77. The van der Waals surface area contributed by atoms with Gasteiger partial charge in [0.05, 0.1) is 43.3 Å². The van der Waals surface area contributed by atoms with Crippen molar-refractivity contribution in [3.63, 3.8) is 0 Å². The lowest BCUT2D eigenvalue weighted by Gasteiger charge is -2.27. The first-order valence-corrected chi connectivity index (χ1v) is 9.45. The summed E-state index contributed by atoms with van der Waals surface area (Å²) in [6.07, 6.45) is 7.08. The molecule has 5 heterocycles. The maximum absolute atomic E-state index is 5.46. The van der Waals surface area contributed by atoms with Crippen molar-refractivity contribution in [1.29, 1.82) is 0 Å². The van der Waals surface area contributed by atoms with E-state index in [1.165, 1.54) is 0 Å². The van der Waals surface area contributed by atoms with Gasteiger partial charge in [0.15, 0.2) is 0 Å². The zero-order valence-electron chi connectivity index (χ0n) is 16.0. The first kappa shape index (κ1) is 17.6. The van der Waals surface area contributed by atoms with Crippen LogP contribution < -0.4 is 9.64 Å². The van der Waals surface area contributed by atoms with Gasteiger partial charge in [0.1, 0.15) is 17.3 Å². The Bertz CT molecular complexity index is 1150. The summed E-state index contributed by atoms with van der Waals surface area (Å²) < 4.78 is 10.9. The molecule has 1 aliphatic rings. The Balaban J connectivity index is 1.58. The Labute approximate surface area is 167 Å². The maximum Gasteiger partial charge on any atom is 0.131 e. The third-order valence-corrected chi connectivity index (χ3v) is 5.08. The van der Waals surface area contributed by atoms with Crippen molar-refractivity contribution in [2.75, 3.05) is 38.3 Å². The number of nitrogens with zero attached hydrogens (tertiary/aromatic N) is 5. The zero-order valence-corrected chi connectivity index (χ0v) is 16.0. The fraction of sp³-hybridized carbons (Fsp3) is 0.238. The van der Waals surface area contributed by atoms with Crippen LogP contribution in [0.1, 0.15) is 0 Å². The quantitative estimate of drug-likeness (QED) is 0.575. The summed E-state index contributed by atoms with van der Waals surface area (Å²) in [5, 5.41) is 8.61. The summed E-state index contributed by atoms with van der Waals surface area (Å²) in [5.41, 5.74) is 4.36. The molecular weight excluding hydrogens is 368 g/mol. The number of rotatable bonds is 4. The van der Waals surface area contributed by atoms with Crippen LogP contribution in [-0.4, -0.2) is 58.6 Å². The Kier molecular flexibility index (Phi) is 4.53. The number of ether oxygens (including phenoxy) is 2. The normalized spacial score (nSPS) is 14.3. The highest BCUT2D eigenvalue weighted by Crippen LogP contribution is 2.33. The standard InChI is InChI=1S/C21H20N6O2/c1-28-19-3-4-22-12-16(19)17-11-15-18(13-24-17)25-26-21(15)14-2-5-23-20(10-14)27-6-8-29-9-7-27/h2-5,10-13H,6-9H2,1H3,(H,25,26). The molecule has 1 fully saturated rings. The molecule has 1 N–H and O–H groups in total. The van der Waals surface area contributed by atoms with Crippen molar-refractivity contribution in [3.05, 3.63) is 49.1 Å². The molecule has 29 heavy (non-hydrogen) atoms. The van der Waals surface area contributed by atoms with Crippen molar-refractivity contribution >= 4 is 16.7 Å². The molecule has 0 aliphatic carbocycles. The average Bonchev–Trinajstić information content (AvgIpc) is 3.23. The van der Waals surface area contributed by atoms with Crippen LogP contribution >= 0.6 is 0 Å². The number of hydrogen-bond donors (Lipinski definition) is 1. The number of morpholine rings is 1. The van der Waals surface area contributed by atoms with Gasteiger partial charge in [-0.25, -0.2) is 4.98 Å². The Morgan fingerprint density at radius 3 is 2.83 bits per heavy atom. The number of pyridine rings is 3. The van der Waals surface area contributed by atoms with E-state index in [2.05, 4.69) is 36.1 Å². The lowest BCUT2D eigenvalue weighted by molar-refractivity contribution is 0.122. The molecular formula is C21H20N6O2. The SMILES string of the molecule is COc1ccncc1-c1cc2c(-c3ccnc(N4CCOCC4)c3)n[nH]c2cn1. The fourth-order valence-electron chi connectivity index (χ4n) is 3.57. The molecule has 0 spiro atoms. The van der Waals surface area contributed by atoms with Gasteiger partial charge in [-0.3, -0.25) is 15.1 Å². The van der Waals surface area contributed by atoms with Crippen LogP contribution in [0.2, 0.25) is 0 Å². The van der Waals surface area contributed by atoms with Crippen LogP contribution in [0.5, 0.6) is 5.75 Å². The predicted octanol–water partition coefficient (Wildman–Crippen LogP) is 2.93. The summed E-state index contributed by atoms with van der Waals surface area (Å²) in [5.74, 6) is 1.67. The lowest BCUT2D eigenvalue weighted by Crippen LogP contribution is -2.36. The molecule has 1 saturated heterocycles. The van der Waals surface area contributed by atoms with Gasteiger partial charge in [0.25, 0.3) is 0 Å². The fourth-order valence-corrected chi connectivity index (χ4v) is 3.57. The highest BCUT2D eigenvalue weighted by molar-refractivity contribution is 5.95. The molecule has 4 aromatic rings. The second kappa shape index (κ2) is 7.48. The molecule has 4 aromatic heterocycles. The van der Waals surface area contributed by atoms with E-state index in [1.54, 1.807) is 25.7 Å². The zero-order chi connectivity index (χ0) is 19.6. The molecule has 0 amide bonds. The van der Waals surface area contributed by atoms with Gasteiger partial charge in [-0.2, -0.15) is 5.10 Å². The Hall–Kier alpha value is -3.52. The van der Waals surface area contributed by atoms with E-state index in [9.17, 15) is 0 Å². The van der Waals surface area contributed by atoms with Crippen LogP contribution in [0.25, 0.3) is 33.4 Å². The van der Waals surface area contributed by atoms with E-state index in [1.807, 2.05) is 24.4 Å². The van der Waals surface area contributed by atoms with Gasteiger partial charge in [0, 0.05) is 42.6 Å². The Morgan fingerprint density at radius 1 is 1.07 bits per heavy atom. The molecule has 146 valence electrons. The third kappa shape index (κ3) is 3.27. The Morgan fingerprint density at radius 2 is 1.97 bits per heavy atom. The number of aromatic amines is 1. The second-order valence-corrected chi connectivity index (χ2v) is 6.77. The van der Waals surface area contributed by atoms with Crippen molar-refractivity contribution in [3.8, 4) is 28.3 Å². The molecule has 0 aromatic carbocycles. The summed E-state index contributed by atoms with van der Waals surface area (Å²) in [6, 6.07) is 7.90. The number of aromatic nitrogens is 5. The summed E-state index contributed by atoms with van der Waals surface area (Å²) in [7, 11) is 1.64. The summed E-state index contributed by atoms with van der Waals surface area (Å²) in [4.78, 5) is 15.5. The van der Waals surface area contributed by atoms with Gasteiger partial charge in [0.2, 0.25) is 0 Å². The minimum Gasteiger partial charge on any atom is -0.496 e. The maximum atomic E-state index is 5.46. The molecule has 8 nitrogen and oxygen atoms in total. The first-order chi connectivity index (χ1) is 14.3. The van der Waals surface area contributed by atoms with Crippen LogP contribution in [0.4, 0.5) is 5.82 Å². The molecule has 1 aliphatic heterocycles. The molecule has 0 radical (unpaired) electrons. The van der Waals surface area contributed by atoms with Gasteiger partial charge in [-0.15, -0.1) is 0 Å². The van der Waals surface area contributed by atoms with E-state index in [-0.39, 0.29) is 0 Å². The highest BCUT2D eigenvalue weighted by atomic mass is 16.5. The number of nitrogens with one attached hydrogen (secondary N) is 1. The topological polar surface area (TPSA) is 89.0 Å². The third-order valence-electron chi connectivity index (χ3n) is 5.08. The molecule has 0 saturated carbocycles.